The number of para-hydroxylation sites is 1. The maximum Gasteiger partial charge on any atom is 0.137 e. The van der Waals surface area contributed by atoms with Crippen molar-refractivity contribution < 1.29 is 0 Å². The Hall–Kier alpha value is -4.15. The molecule has 0 unspecified atom stereocenters. The van der Waals surface area contributed by atoms with Gasteiger partial charge >= 0.3 is 0 Å². The van der Waals surface area contributed by atoms with E-state index in [9.17, 15) is 0 Å². The molecule has 0 N–H and O–H groups in total. The number of aromatic nitrogens is 2. The number of hydrogen-bond acceptors (Lipinski definition) is 4. The zero-order valence-electron chi connectivity index (χ0n) is 20.7. The van der Waals surface area contributed by atoms with Crippen LogP contribution in [0.2, 0.25) is 0 Å². The monoisotopic (exact) mass is 495 g/mol. The van der Waals surface area contributed by atoms with Crippen molar-refractivity contribution >= 4 is 51.5 Å². The molecule has 0 saturated heterocycles. The Bertz CT molecular complexity index is 1830. The predicted octanol–water partition coefficient (Wildman–Crippen LogP) is 8.85. The number of anilines is 3. The zero-order chi connectivity index (χ0) is 25.1. The molecule has 4 heteroatoms. The summed E-state index contributed by atoms with van der Waals surface area (Å²) in [6, 6.07) is 36.2. The molecule has 178 valence electrons. The highest BCUT2D eigenvalue weighted by Crippen LogP contribution is 2.52. The molecule has 6 aromatic rings. The van der Waals surface area contributed by atoms with Crippen molar-refractivity contribution in [3.8, 4) is 11.3 Å². The Kier molecular flexibility index (Phi) is 4.89. The normalized spacial score (nSPS) is 14.0. The number of benzene rings is 4. The van der Waals surface area contributed by atoms with E-state index in [1.165, 1.54) is 21.9 Å². The molecule has 37 heavy (non-hydrogen) atoms. The van der Waals surface area contributed by atoms with Crippen LogP contribution >= 0.6 is 12.6 Å². The lowest BCUT2D eigenvalue weighted by Crippen LogP contribution is -2.30. The highest BCUT2D eigenvalue weighted by Gasteiger charge is 2.37. The number of rotatable bonds is 2. The number of pyridine rings is 2. The van der Waals surface area contributed by atoms with Crippen LogP contribution in [0.3, 0.4) is 0 Å². The summed E-state index contributed by atoms with van der Waals surface area (Å²) in [5.41, 5.74) is 7.61. The molecule has 0 radical (unpaired) electrons. The molecule has 1 aliphatic rings. The number of thiol groups is 1. The lowest BCUT2D eigenvalue weighted by molar-refractivity contribution is 0.631. The number of hydrogen-bond donors (Lipinski definition) is 1. The van der Waals surface area contributed by atoms with Crippen molar-refractivity contribution in [2.24, 2.45) is 0 Å². The van der Waals surface area contributed by atoms with Crippen molar-refractivity contribution in [3.63, 3.8) is 0 Å². The van der Waals surface area contributed by atoms with Gasteiger partial charge in [-0.1, -0.05) is 74.5 Å². The van der Waals surface area contributed by atoms with Gasteiger partial charge in [0.2, 0.25) is 0 Å². The first kappa shape index (κ1) is 22.1. The van der Waals surface area contributed by atoms with Crippen LogP contribution in [0.25, 0.3) is 32.9 Å². The van der Waals surface area contributed by atoms with Gasteiger partial charge in [-0.15, -0.1) is 12.6 Å². The zero-order valence-corrected chi connectivity index (χ0v) is 21.6. The summed E-state index contributed by atoms with van der Waals surface area (Å²) in [4.78, 5) is 13.0. The largest absolute Gasteiger partial charge is 0.294 e. The van der Waals surface area contributed by atoms with Crippen LogP contribution in [0.15, 0.2) is 114 Å². The molecule has 2 aromatic heterocycles. The quantitative estimate of drug-likeness (QED) is 0.192. The minimum Gasteiger partial charge on any atom is -0.294 e. The molecule has 0 aliphatic carbocycles. The highest BCUT2D eigenvalue weighted by atomic mass is 32.1. The van der Waals surface area contributed by atoms with Crippen molar-refractivity contribution in [1.29, 1.82) is 0 Å². The summed E-state index contributed by atoms with van der Waals surface area (Å²) in [5.74, 6) is 0.902. The van der Waals surface area contributed by atoms with Crippen molar-refractivity contribution in [2.75, 3.05) is 4.90 Å². The van der Waals surface area contributed by atoms with E-state index >= 15 is 0 Å². The van der Waals surface area contributed by atoms with Gasteiger partial charge in [0.15, 0.2) is 0 Å². The third kappa shape index (κ3) is 3.36. The Morgan fingerprint density at radius 1 is 0.703 bits per heavy atom. The highest BCUT2D eigenvalue weighted by molar-refractivity contribution is 7.80. The second-order valence-electron chi connectivity index (χ2n) is 10.1. The summed E-state index contributed by atoms with van der Waals surface area (Å²) < 4.78 is 0. The lowest BCUT2D eigenvalue weighted by atomic mass is 9.73. The van der Waals surface area contributed by atoms with E-state index in [4.69, 9.17) is 22.6 Å². The van der Waals surface area contributed by atoms with E-state index < -0.39 is 0 Å². The smallest absolute Gasteiger partial charge is 0.137 e. The van der Waals surface area contributed by atoms with E-state index in [2.05, 4.69) is 110 Å². The standard InChI is InChI=1S/C33H25N3S/c1-33(2)25-11-5-6-12-28(25)36(31-13-7-8-18-34-31)29-19-22(14-16-26(29)33)27-17-15-24-23-10-4-3-9-21(23)20-30(37)32(24)35-27/h3-20,37H,1-2H3. The maximum atomic E-state index is 5.11. The molecule has 7 rings (SSSR count). The van der Waals surface area contributed by atoms with Crippen LogP contribution in [-0.2, 0) is 5.41 Å². The van der Waals surface area contributed by atoms with Crippen LogP contribution in [0.1, 0.15) is 25.0 Å². The van der Waals surface area contributed by atoms with Crippen molar-refractivity contribution in [2.45, 2.75) is 24.2 Å². The Labute approximate surface area is 221 Å². The summed E-state index contributed by atoms with van der Waals surface area (Å²) >= 11 is 4.80. The second kappa shape index (κ2) is 8.19. The minimum absolute atomic E-state index is 0.149. The third-order valence-electron chi connectivity index (χ3n) is 7.59. The molecule has 0 fully saturated rings. The second-order valence-corrected chi connectivity index (χ2v) is 10.6. The minimum atomic E-state index is -0.149. The van der Waals surface area contributed by atoms with Gasteiger partial charge in [0, 0.05) is 27.5 Å². The summed E-state index contributed by atoms with van der Waals surface area (Å²) in [6.07, 6.45) is 1.85. The summed E-state index contributed by atoms with van der Waals surface area (Å²) in [5, 5.41) is 3.49. The molecular formula is C33H25N3S. The van der Waals surface area contributed by atoms with Crippen LogP contribution in [0.4, 0.5) is 17.2 Å². The molecule has 4 aromatic carbocycles. The Morgan fingerprint density at radius 2 is 1.49 bits per heavy atom. The molecule has 3 heterocycles. The van der Waals surface area contributed by atoms with E-state index in [0.717, 1.165) is 44.2 Å². The maximum absolute atomic E-state index is 5.11. The summed E-state index contributed by atoms with van der Waals surface area (Å²) in [7, 11) is 0. The van der Waals surface area contributed by atoms with Crippen LogP contribution in [0, 0.1) is 0 Å². The van der Waals surface area contributed by atoms with E-state index in [0.29, 0.717) is 0 Å². The first-order chi connectivity index (χ1) is 18.0. The van der Waals surface area contributed by atoms with Gasteiger partial charge in [-0.2, -0.15) is 0 Å². The molecule has 0 saturated carbocycles. The molecule has 0 atom stereocenters. The fourth-order valence-electron chi connectivity index (χ4n) is 5.73. The fourth-order valence-corrected chi connectivity index (χ4v) is 6.04. The average Bonchev–Trinajstić information content (AvgIpc) is 2.93. The first-order valence-electron chi connectivity index (χ1n) is 12.5. The van der Waals surface area contributed by atoms with E-state index in [1.54, 1.807) is 0 Å². The topological polar surface area (TPSA) is 29.0 Å². The molecule has 0 bridgehead atoms. The Balaban J connectivity index is 1.45. The van der Waals surface area contributed by atoms with Gasteiger partial charge in [0.25, 0.3) is 0 Å². The summed E-state index contributed by atoms with van der Waals surface area (Å²) in [6.45, 7) is 4.60. The third-order valence-corrected chi connectivity index (χ3v) is 7.93. The SMILES string of the molecule is CC1(C)c2ccccc2N(c2ccccn2)c2cc(-c3ccc4c(n3)c(S)cc3ccccc34)ccc21. The van der Waals surface area contributed by atoms with Crippen molar-refractivity contribution in [1.82, 2.24) is 9.97 Å². The van der Waals surface area contributed by atoms with Gasteiger partial charge < -0.3 is 0 Å². The molecule has 0 spiro atoms. The van der Waals surface area contributed by atoms with Crippen LogP contribution in [-0.4, -0.2) is 9.97 Å². The molecule has 3 nitrogen and oxygen atoms in total. The Morgan fingerprint density at radius 3 is 2.35 bits per heavy atom. The lowest BCUT2D eigenvalue weighted by Gasteiger charge is -2.41. The molecule has 0 amide bonds. The van der Waals surface area contributed by atoms with Gasteiger partial charge in [-0.05, 0) is 64.4 Å². The van der Waals surface area contributed by atoms with Gasteiger partial charge in [0.05, 0.1) is 22.6 Å². The fraction of sp³-hybridized carbons (Fsp3) is 0.0909. The van der Waals surface area contributed by atoms with Gasteiger partial charge in [-0.3, -0.25) is 4.90 Å². The predicted molar refractivity (Wildman–Crippen MR) is 157 cm³/mol. The van der Waals surface area contributed by atoms with Crippen molar-refractivity contribution in [3.05, 3.63) is 120 Å². The van der Waals surface area contributed by atoms with Gasteiger partial charge in [0.1, 0.15) is 5.82 Å². The number of nitrogens with zero attached hydrogens (tertiary/aromatic N) is 3. The molecular weight excluding hydrogens is 470 g/mol. The van der Waals surface area contributed by atoms with Gasteiger partial charge in [-0.25, -0.2) is 9.97 Å². The van der Waals surface area contributed by atoms with E-state index in [1.807, 2.05) is 18.3 Å². The van der Waals surface area contributed by atoms with Crippen LogP contribution < -0.4 is 4.90 Å². The first-order valence-corrected chi connectivity index (χ1v) is 12.9. The average molecular weight is 496 g/mol. The number of fused-ring (bicyclic) bond motifs is 5. The molecule has 1 aliphatic heterocycles. The van der Waals surface area contributed by atoms with E-state index in [-0.39, 0.29) is 5.41 Å². The van der Waals surface area contributed by atoms with Crippen LogP contribution in [0.5, 0.6) is 0 Å².